The molecule has 0 heterocycles. The van der Waals surface area contributed by atoms with Crippen LogP contribution in [-0.4, -0.2) is 35.8 Å². The summed E-state index contributed by atoms with van der Waals surface area (Å²) in [7, 11) is 1.80. The summed E-state index contributed by atoms with van der Waals surface area (Å²) in [6.45, 7) is 14.7. The molecule has 0 saturated heterocycles. The molecule has 1 unspecified atom stereocenters. The Morgan fingerprint density at radius 3 is 2.56 bits per heavy atom. The molecule has 32 heavy (non-hydrogen) atoms. The minimum absolute atomic E-state index is 0.136. The molecule has 174 valence electrons. The first kappa shape index (κ1) is 27.3. The number of nitrogens with zero attached hydrogens (tertiary/aromatic N) is 3. The van der Waals surface area contributed by atoms with E-state index in [1.807, 2.05) is 32.1 Å². The number of aryl methyl sites for hydroxylation is 2. The summed E-state index contributed by atoms with van der Waals surface area (Å²) in [6, 6.07) is 8.60. The smallest absolute Gasteiger partial charge is 0.222 e. The number of allylic oxidation sites excluding steroid dienone is 4. The van der Waals surface area contributed by atoms with Crippen LogP contribution in [-0.2, 0) is 11.2 Å². The molecule has 1 aromatic carbocycles. The number of likely N-dealkylation sites (N-methyl/N-ethyl adjacent to an activating group) is 1. The van der Waals surface area contributed by atoms with E-state index in [0.717, 1.165) is 42.7 Å². The van der Waals surface area contributed by atoms with Gasteiger partial charge in [0.1, 0.15) is 0 Å². The molecular weight excluding hydrogens is 394 g/mol. The monoisotopic (exact) mass is 435 g/mol. The van der Waals surface area contributed by atoms with Crippen LogP contribution in [0.1, 0.15) is 64.5 Å². The summed E-state index contributed by atoms with van der Waals surface area (Å²) < 4.78 is 0. The zero-order chi connectivity index (χ0) is 23.9. The predicted octanol–water partition coefficient (Wildman–Crippen LogP) is 6.72. The molecular formula is C28H41N3O. The number of amides is 1. The van der Waals surface area contributed by atoms with E-state index in [1.165, 1.54) is 11.1 Å². The summed E-state index contributed by atoms with van der Waals surface area (Å²) in [5, 5.41) is 8.79. The van der Waals surface area contributed by atoms with Crippen LogP contribution in [0.15, 0.2) is 70.9 Å². The maximum atomic E-state index is 12.0. The minimum atomic E-state index is 0.136. The van der Waals surface area contributed by atoms with Crippen molar-refractivity contribution in [1.29, 1.82) is 0 Å². The third-order valence-electron chi connectivity index (χ3n) is 5.70. The molecule has 0 aliphatic carbocycles. The van der Waals surface area contributed by atoms with Crippen LogP contribution in [0.5, 0.6) is 0 Å². The van der Waals surface area contributed by atoms with Gasteiger partial charge in [-0.3, -0.25) is 4.79 Å². The van der Waals surface area contributed by atoms with Crippen molar-refractivity contribution in [2.24, 2.45) is 16.1 Å². The molecule has 0 bridgehead atoms. The summed E-state index contributed by atoms with van der Waals surface area (Å²) >= 11 is 0. The average Bonchev–Trinajstić information content (AvgIpc) is 2.77. The van der Waals surface area contributed by atoms with E-state index in [4.69, 9.17) is 0 Å². The summed E-state index contributed by atoms with van der Waals surface area (Å²) in [5.74, 6) is 0.552. The highest BCUT2D eigenvalue weighted by atomic mass is 16.2. The molecule has 4 heteroatoms. The van der Waals surface area contributed by atoms with Crippen LogP contribution in [0, 0.1) is 12.8 Å². The Kier molecular flexibility index (Phi) is 12.9. The largest absolute Gasteiger partial charge is 0.342 e. The fraction of sp³-hybridized carbons (Fsp3) is 0.464. The van der Waals surface area contributed by atoms with Crippen molar-refractivity contribution in [2.75, 3.05) is 13.6 Å². The Hall–Kier alpha value is -2.75. The summed E-state index contributed by atoms with van der Waals surface area (Å²) in [5.41, 5.74) is 5.90. The topological polar surface area (TPSA) is 45.0 Å². The lowest BCUT2D eigenvalue weighted by molar-refractivity contribution is -0.129. The van der Waals surface area contributed by atoms with Gasteiger partial charge >= 0.3 is 0 Å². The Balaban J connectivity index is 2.46. The molecule has 0 N–H and O–H groups in total. The molecule has 0 saturated carbocycles. The van der Waals surface area contributed by atoms with Gasteiger partial charge in [0.15, 0.2) is 0 Å². The maximum Gasteiger partial charge on any atom is 0.222 e. The van der Waals surface area contributed by atoms with E-state index in [9.17, 15) is 4.79 Å². The van der Waals surface area contributed by atoms with E-state index < -0.39 is 0 Å². The first-order chi connectivity index (χ1) is 15.2. The first-order valence-electron chi connectivity index (χ1n) is 11.6. The highest BCUT2D eigenvalue weighted by Crippen LogP contribution is 2.15. The van der Waals surface area contributed by atoms with Gasteiger partial charge in [0.2, 0.25) is 5.91 Å². The predicted molar refractivity (Wildman–Crippen MR) is 139 cm³/mol. The summed E-state index contributed by atoms with van der Waals surface area (Å²) in [6.07, 6.45) is 12.3. The van der Waals surface area contributed by atoms with E-state index in [2.05, 4.69) is 61.8 Å². The van der Waals surface area contributed by atoms with Gasteiger partial charge in [-0.1, -0.05) is 55.0 Å². The van der Waals surface area contributed by atoms with Gasteiger partial charge < -0.3 is 4.90 Å². The Labute approximate surface area is 195 Å². The normalized spacial score (nSPS) is 14.0. The zero-order valence-electron chi connectivity index (χ0n) is 20.9. The zero-order valence-corrected chi connectivity index (χ0v) is 20.9. The van der Waals surface area contributed by atoms with Gasteiger partial charge in [-0.15, -0.1) is 6.58 Å². The average molecular weight is 436 g/mol. The molecule has 0 aliphatic rings. The van der Waals surface area contributed by atoms with Gasteiger partial charge in [0.25, 0.3) is 0 Å². The van der Waals surface area contributed by atoms with Crippen LogP contribution in [0.2, 0.25) is 0 Å². The van der Waals surface area contributed by atoms with Crippen LogP contribution in [0.25, 0.3) is 0 Å². The number of hydrogen-bond acceptors (Lipinski definition) is 3. The van der Waals surface area contributed by atoms with Gasteiger partial charge in [-0.2, -0.15) is 10.2 Å². The third kappa shape index (κ3) is 11.0. The van der Waals surface area contributed by atoms with Gasteiger partial charge in [0, 0.05) is 25.7 Å². The molecule has 1 rings (SSSR count). The lowest BCUT2D eigenvalue weighted by Crippen LogP contribution is -2.26. The van der Waals surface area contributed by atoms with Crippen LogP contribution in [0.4, 0.5) is 0 Å². The van der Waals surface area contributed by atoms with Crippen molar-refractivity contribution >= 4 is 17.3 Å². The Morgan fingerprint density at radius 1 is 1.16 bits per heavy atom. The minimum Gasteiger partial charge on any atom is -0.342 e. The van der Waals surface area contributed by atoms with Crippen molar-refractivity contribution in [3.8, 4) is 0 Å². The number of carbonyl (C=O) groups excluding carboxylic acids is 1. The molecule has 4 nitrogen and oxygen atoms in total. The van der Waals surface area contributed by atoms with Crippen molar-refractivity contribution in [1.82, 2.24) is 4.90 Å². The number of hydrogen-bond donors (Lipinski definition) is 0. The van der Waals surface area contributed by atoms with Crippen molar-refractivity contribution in [2.45, 2.75) is 66.7 Å². The molecule has 1 amide bonds. The lowest BCUT2D eigenvalue weighted by Gasteiger charge is -2.14. The fourth-order valence-corrected chi connectivity index (χ4v) is 3.21. The maximum absolute atomic E-state index is 12.0. The molecule has 1 aromatic rings. The lowest BCUT2D eigenvalue weighted by atomic mass is 9.96. The van der Waals surface area contributed by atoms with Crippen molar-refractivity contribution < 1.29 is 4.79 Å². The van der Waals surface area contributed by atoms with Crippen molar-refractivity contribution in [3.63, 3.8) is 0 Å². The first-order valence-corrected chi connectivity index (χ1v) is 11.6. The summed E-state index contributed by atoms with van der Waals surface area (Å²) in [4.78, 5) is 13.7. The molecule has 0 spiro atoms. The van der Waals surface area contributed by atoms with Gasteiger partial charge in [-0.05, 0) is 76.5 Å². The molecule has 0 fully saturated rings. The third-order valence-corrected chi connectivity index (χ3v) is 5.70. The van der Waals surface area contributed by atoms with E-state index >= 15 is 0 Å². The SMILES string of the molecule is C=CCN(C)C(=O)CC/C(C)=C/C=C\C(C)=N\N=C(/C)C(C)CCCc1ccccc1C. The van der Waals surface area contributed by atoms with Crippen LogP contribution >= 0.6 is 0 Å². The van der Waals surface area contributed by atoms with Gasteiger partial charge in [0.05, 0.1) is 5.71 Å². The van der Waals surface area contributed by atoms with E-state index in [0.29, 0.717) is 18.9 Å². The number of benzene rings is 1. The molecule has 0 aliphatic heterocycles. The highest BCUT2D eigenvalue weighted by molar-refractivity contribution is 5.94. The highest BCUT2D eigenvalue weighted by Gasteiger charge is 2.07. The Morgan fingerprint density at radius 2 is 1.88 bits per heavy atom. The molecule has 1 atom stereocenters. The number of carbonyl (C=O) groups is 1. The quantitative estimate of drug-likeness (QED) is 0.147. The number of rotatable bonds is 13. The van der Waals surface area contributed by atoms with E-state index in [1.54, 1.807) is 18.0 Å². The van der Waals surface area contributed by atoms with E-state index in [-0.39, 0.29) is 5.91 Å². The van der Waals surface area contributed by atoms with Crippen LogP contribution < -0.4 is 0 Å². The molecule has 0 radical (unpaired) electrons. The molecule has 0 aromatic heterocycles. The van der Waals surface area contributed by atoms with Crippen molar-refractivity contribution in [3.05, 3.63) is 71.8 Å². The standard InChI is InChI=1S/C28H41N3O/c1-8-21-31(7)28(32)20-19-22(2)13-11-16-25(5)29-30-26(6)23(3)15-12-18-27-17-10-9-14-24(27)4/h8-11,13-14,16-17,23H,1,12,15,18-21H2,2-7H3/b16-11-,22-13+,29-25+,30-26+. The van der Waals surface area contributed by atoms with Crippen LogP contribution in [0.3, 0.4) is 0 Å². The second-order valence-electron chi connectivity index (χ2n) is 8.64. The van der Waals surface area contributed by atoms with Gasteiger partial charge in [-0.25, -0.2) is 0 Å². The second kappa shape index (κ2) is 15.1. The fourth-order valence-electron chi connectivity index (χ4n) is 3.21. The second-order valence-corrected chi connectivity index (χ2v) is 8.64. The Bertz CT molecular complexity index is 861.